The van der Waals surface area contributed by atoms with E-state index in [0.717, 1.165) is 38.7 Å². The minimum Gasteiger partial charge on any atom is -0.368 e. The predicted octanol–water partition coefficient (Wildman–Crippen LogP) is 0.918. The molecule has 0 unspecified atom stereocenters. The lowest BCUT2D eigenvalue weighted by atomic mass is 10.2. The van der Waals surface area contributed by atoms with Gasteiger partial charge in [-0.05, 0) is 19.2 Å². The molecule has 2 aromatic rings. The van der Waals surface area contributed by atoms with Gasteiger partial charge in [0.2, 0.25) is 5.95 Å². The maximum atomic E-state index is 4.32. The number of nitrogens with one attached hydrogen (secondary N) is 1. The van der Waals surface area contributed by atoms with Crippen LogP contribution in [0.5, 0.6) is 0 Å². The van der Waals surface area contributed by atoms with Crippen LogP contribution in [-0.4, -0.2) is 48.2 Å². The van der Waals surface area contributed by atoms with Crippen LogP contribution in [0.25, 0.3) is 0 Å². The normalized spacial score (nSPS) is 15.3. The molecule has 1 fully saturated rings. The molecule has 0 amide bonds. The molecule has 6 heteroatoms. The molecular weight excluding hydrogens is 264 g/mol. The number of hydrogen-bond acceptors (Lipinski definition) is 6. The van der Waals surface area contributed by atoms with Crippen molar-refractivity contribution in [2.45, 2.75) is 6.54 Å². The van der Waals surface area contributed by atoms with Crippen LogP contribution in [-0.2, 0) is 6.54 Å². The summed E-state index contributed by atoms with van der Waals surface area (Å²) in [7, 11) is 1.96. The van der Waals surface area contributed by atoms with Gasteiger partial charge in [-0.15, -0.1) is 0 Å². The highest BCUT2D eigenvalue weighted by Gasteiger charge is 2.20. The van der Waals surface area contributed by atoms with Crippen LogP contribution in [0.3, 0.4) is 0 Å². The zero-order valence-corrected chi connectivity index (χ0v) is 12.2. The maximum absolute atomic E-state index is 4.32. The summed E-state index contributed by atoms with van der Waals surface area (Å²) in [5.41, 5.74) is 2.51. The summed E-state index contributed by atoms with van der Waals surface area (Å²) >= 11 is 0. The Morgan fingerprint density at radius 1 is 1.05 bits per heavy atom. The Hall–Kier alpha value is -2.21. The number of piperazine rings is 1. The topological polar surface area (TPSA) is 57.2 Å². The average molecular weight is 284 g/mol. The first kappa shape index (κ1) is 13.8. The van der Waals surface area contributed by atoms with E-state index in [1.54, 1.807) is 12.4 Å². The van der Waals surface area contributed by atoms with Gasteiger partial charge in [0.1, 0.15) is 0 Å². The van der Waals surface area contributed by atoms with Crippen molar-refractivity contribution in [3.05, 3.63) is 42.5 Å². The largest absolute Gasteiger partial charge is 0.368 e. The summed E-state index contributed by atoms with van der Waals surface area (Å²) in [6.07, 6.45) is 7.39. The number of pyridine rings is 1. The highest BCUT2D eigenvalue weighted by atomic mass is 15.3. The van der Waals surface area contributed by atoms with Crippen molar-refractivity contribution in [3.8, 4) is 0 Å². The van der Waals surface area contributed by atoms with Gasteiger partial charge in [0.15, 0.2) is 0 Å². The molecule has 1 aliphatic heterocycles. The lowest BCUT2D eigenvalue weighted by Crippen LogP contribution is -2.47. The summed E-state index contributed by atoms with van der Waals surface area (Å²) in [6, 6.07) is 3.95. The fourth-order valence-electron chi connectivity index (χ4n) is 2.66. The van der Waals surface area contributed by atoms with Crippen LogP contribution in [0, 0.1) is 0 Å². The molecule has 0 spiro atoms. The molecule has 110 valence electrons. The molecule has 21 heavy (non-hydrogen) atoms. The predicted molar refractivity (Wildman–Crippen MR) is 83.5 cm³/mol. The van der Waals surface area contributed by atoms with Gasteiger partial charge in [0.05, 0.1) is 0 Å². The molecule has 0 atom stereocenters. The maximum Gasteiger partial charge on any atom is 0.225 e. The zero-order chi connectivity index (χ0) is 14.5. The third-order valence-electron chi connectivity index (χ3n) is 3.70. The number of rotatable bonds is 4. The van der Waals surface area contributed by atoms with E-state index in [2.05, 4.69) is 36.1 Å². The smallest absolute Gasteiger partial charge is 0.225 e. The summed E-state index contributed by atoms with van der Waals surface area (Å²) in [4.78, 5) is 17.5. The van der Waals surface area contributed by atoms with Crippen molar-refractivity contribution >= 4 is 11.6 Å². The second-order valence-electron chi connectivity index (χ2n) is 5.06. The first-order valence-electron chi connectivity index (χ1n) is 7.23. The second kappa shape index (κ2) is 6.49. The van der Waals surface area contributed by atoms with Crippen LogP contribution in [0.15, 0.2) is 36.9 Å². The van der Waals surface area contributed by atoms with Gasteiger partial charge >= 0.3 is 0 Å². The monoisotopic (exact) mass is 284 g/mol. The van der Waals surface area contributed by atoms with E-state index in [0.29, 0.717) is 0 Å². The average Bonchev–Trinajstić information content (AvgIpc) is 2.57. The van der Waals surface area contributed by atoms with E-state index in [1.807, 2.05) is 25.5 Å². The van der Waals surface area contributed by atoms with Crippen molar-refractivity contribution in [1.82, 2.24) is 20.3 Å². The molecule has 1 N–H and O–H groups in total. The lowest BCUT2D eigenvalue weighted by molar-refractivity contribution is 0.636. The van der Waals surface area contributed by atoms with E-state index in [9.17, 15) is 0 Å². The molecular formula is C15H20N6. The fraction of sp³-hybridized carbons (Fsp3) is 0.400. The molecule has 3 heterocycles. The van der Waals surface area contributed by atoms with Gasteiger partial charge in [-0.3, -0.25) is 4.98 Å². The molecule has 0 saturated carbocycles. The molecule has 1 saturated heterocycles. The second-order valence-corrected chi connectivity index (χ2v) is 5.06. The Morgan fingerprint density at radius 2 is 1.76 bits per heavy atom. The van der Waals surface area contributed by atoms with Gasteiger partial charge < -0.3 is 15.1 Å². The van der Waals surface area contributed by atoms with E-state index in [1.165, 1.54) is 11.3 Å². The number of hydrogen-bond donors (Lipinski definition) is 1. The van der Waals surface area contributed by atoms with Crippen molar-refractivity contribution in [2.75, 3.05) is 43.0 Å². The minimum absolute atomic E-state index is 0.822. The Morgan fingerprint density at radius 3 is 2.48 bits per heavy atom. The minimum atomic E-state index is 0.822. The first-order chi connectivity index (χ1) is 10.4. The molecule has 6 nitrogen and oxygen atoms in total. The molecule has 0 aliphatic carbocycles. The SMILES string of the molecule is CNCc1cnccc1N1CCN(c2ncccn2)CC1. The van der Waals surface area contributed by atoms with Crippen LogP contribution < -0.4 is 15.1 Å². The summed E-state index contributed by atoms with van der Waals surface area (Å²) in [6.45, 7) is 4.65. The molecule has 3 rings (SSSR count). The molecule has 0 aromatic carbocycles. The van der Waals surface area contributed by atoms with Gasteiger partial charge in [0, 0.05) is 68.8 Å². The van der Waals surface area contributed by atoms with Gasteiger partial charge in [-0.25, -0.2) is 9.97 Å². The first-order valence-corrected chi connectivity index (χ1v) is 7.23. The van der Waals surface area contributed by atoms with E-state index >= 15 is 0 Å². The van der Waals surface area contributed by atoms with Crippen molar-refractivity contribution in [3.63, 3.8) is 0 Å². The van der Waals surface area contributed by atoms with Crippen molar-refractivity contribution < 1.29 is 0 Å². The molecule has 2 aromatic heterocycles. The number of nitrogens with zero attached hydrogens (tertiary/aromatic N) is 5. The van der Waals surface area contributed by atoms with Crippen molar-refractivity contribution in [2.24, 2.45) is 0 Å². The zero-order valence-electron chi connectivity index (χ0n) is 12.2. The third kappa shape index (κ3) is 3.11. The van der Waals surface area contributed by atoms with Crippen LogP contribution >= 0.6 is 0 Å². The van der Waals surface area contributed by atoms with E-state index in [4.69, 9.17) is 0 Å². The Kier molecular flexibility index (Phi) is 4.25. The van der Waals surface area contributed by atoms with Gasteiger partial charge in [0.25, 0.3) is 0 Å². The molecule has 1 aliphatic rings. The van der Waals surface area contributed by atoms with Crippen LogP contribution in [0.4, 0.5) is 11.6 Å². The lowest BCUT2D eigenvalue weighted by Gasteiger charge is -2.36. The molecule has 0 bridgehead atoms. The quantitative estimate of drug-likeness (QED) is 0.901. The standard InChI is InChI=1S/C15H20N6/c1-16-11-13-12-17-6-3-14(13)20-7-9-21(10-8-20)15-18-4-2-5-19-15/h2-6,12,16H,7-11H2,1H3. The fourth-order valence-corrected chi connectivity index (χ4v) is 2.66. The van der Waals surface area contributed by atoms with Gasteiger partial charge in [-0.2, -0.15) is 0 Å². The highest BCUT2D eigenvalue weighted by molar-refractivity contribution is 5.53. The van der Waals surface area contributed by atoms with Crippen LogP contribution in [0.2, 0.25) is 0 Å². The third-order valence-corrected chi connectivity index (χ3v) is 3.70. The van der Waals surface area contributed by atoms with Gasteiger partial charge in [-0.1, -0.05) is 0 Å². The van der Waals surface area contributed by atoms with E-state index in [-0.39, 0.29) is 0 Å². The highest BCUT2D eigenvalue weighted by Crippen LogP contribution is 2.21. The summed E-state index contributed by atoms with van der Waals surface area (Å²) in [5, 5.41) is 3.20. The van der Waals surface area contributed by atoms with Crippen LogP contribution in [0.1, 0.15) is 5.56 Å². The summed E-state index contributed by atoms with van der Waals surface area (Å²) in [5.74, 6) is 0.822. The Labute approximate surface area is 124 Å². The van der Waals surface area contributed by atoms with Crippen molar-refractivity contribution in [1.29, 1.82) is 0 Å². The Bertz CT molecular complexity index is 565. The molecule has 0 radical (unpaired) electrons. The Balaban J connectivity index is 1.69. The number of aromatic nitrogens is 3. The summed E-state index contributed by atoms with van der Waals surface area (Å²) < 4.78 is 0. The number of anilines is 2. The van der Waals surface area contributed by atoms with E-state index < -0.39 is 0 Å².